The Hall–Kier alpha value is -3.39. The summed E-state index contributed by atoms with van der Waals surface area (Å²) in [5.41, 5.74) is 3.16. The number of benzene rings is 1. The Kier molecular flexibility index (Phi) is 6.88. The van der Waals surface area contributed by atoms with E-state index in [0.29, 0.717) is 23.5 Å². The Morgan fingerprint density at radius 1 is 1.15 bits per heavy atom. The molecule has 0 saturated heterocycles. The molecule has 3 fully saturated rings. The van der Waals surface area contributed by atoms with E-state index in [0.717, 1.165) is 55.0 Å². The van der Waals surface area contributed by atoms with Crippen LogP contribution >= 0.6 is 0 Å². The van der Waals surface area contributed by atoms with Crippen LogP contribution in [0.3, 0.4) is 0 Å². The molecule has 0 radical (unpaired) electrons. The summed E-state index contributed by atoms with van der Waals surface area (Å²) >= 11 is 0. The van der Waals surface area contributed by atoms with E-state index in [-0.39, 0.29) is 23.9 Å². The lowest BCUT2D eigenvalue weighted by atomic mass is 9.47. The van der Waals surface area contributed by atoms with E-state index in [4.69, 9.17) is 4.84 Å². The van der Waals surface area contributed by atoms with Crippen LogP contribution in [0.4, 0.5) is 0 Å². The van der Waals surface area contributed by atoms with Gasteiger partial charge in [0.15, 0.2) is 6.61 Å². The maximum Gasteiger partial charge on any atom is 0.326 e. The first-order chi connectivity index (χ1) is 19.5. The molecule has 4 N–H and O–H groups in total. The summed E-state index contributed by atoms with van der Waals surface area (Å²) in [7, 11) is 0. The Bertz CT molecular complexity index is 1450. The second-order valence-corrected chi connectivity index (χ2v) is 13.3. The number of allylic oxidation sites excluding steroid dienone is 4. The van der Waals surface area contributed by atoms with Gasteiger partial charge in [0.05, 0.1) is 5.60 Å². The standard InChI is InChI=1S/C33H41N3O5/c1-31-13-10-22(17-21(31)8-9-24-25(31)11-14-32(2)26(24)12-15-33(32,3)40)36-41-19-29(37)35-28(30(38)39)16-20-18-34-27-7-5-4-6-23(20)27/h4-7,10,13,17-18,24-26,28,34,40H,8-9,11-12,14-16,19H2,1-3H3,(H,35,37)(H,38,39)/t24?,25?,26?,28?,31-,32-,33-/m0/s1. The smallest absolute Gasteiger partial charge is 0.326 e. The van der Waals surface area contributed by atoms with Crippen LogP contribution < -0.4 is 5.32 Å². The molecular weight excluding hydrogens is 518 g/mol. The minimum atomic E-state index is -1.10. The van der Waals surface area contributed by atoms with Gasteiger partial charge in [-0.15, -0.1) is 0 Å². The molecule has 8 nitrogen and oxygen atoms in total. The lowest BCUT2D eigenvalue weighted by Gasteiger charge is -2.58. The number of fused-ring (bicyclic) bond motifs is 6. The number of aromatic nitrogens is 1. The van der Waals surface area contributed by atoms with Crippen LogP contribution in [0.1, 0.15) is 64.9 Å². The van der Waals surface area contributed by atoms with Crippen molar-refractivity contribution in [3.8, 4) is 0 Å². The third kappa shape index (κ3) is 4.70. The molecule has 0 aliphatic heterocycles. The monoisotopic (exact) mass is 559 g/mol. The van der Waals surface area contributed by atoms with Gasteiger partial charge in [-0.05, 0) is 92.4 Å². The SMILES string of the molecule is C[C@]12C=CC(=NOCC(=O)NC(Cc3c[nH]c4ccccc34)C(=O)O)C=C1CCC1C2CC[C@@]2(C)C1CC[C@]2(C)O. The van der Waals surface area contributed by atoms with Crippen LogP contribution in [-0.2, 0) is 20.8 Å². The Labute approximate surface area is 240 Å². The van der Waals surface area contributed by atoms with Gasteiger partial charge in [-0.3, -0.25) is 4.79 Å². The summed E-state index contributed by atoms with van der Waals surface area (Å²) in [4.78, 5) is 33.0. The maximum atomic E-state index is 12.6. The molecule has 8 heteroatoms. The van der Waals surface area contributed by atoms with E-state index in [2.05, 4.69) is 41.5 Å². The van der Waals surface area contributed by atoms with Gasteiger partial charge in [0.2, 0.25) is 0 Å². The highest BCUT2D eigenvalue weighted by Crippen LogP contribution is 2.66. The zero-order valence-corrected chi connectivity index (χ0v) is 24.2. The number of aliphatic hydroxyl groups is 1. The fraction of sp³-hybridized carbons (Fsp3) is 0.545. The second kappa shape index (κ2) is 10.2. The summed E-state index contributed by atoms with van der Waals surface area (Å²) in [6.45, 7) is 6.33. The first-order valence-electron chi connectivity index (χ1n) is 14.9. The third-order valence-corrected chi connectivity index (χ3v) is 11.2. The molecule has 6 rings (SSSR count). The van der Waals surface area contributed by atoms with Crippen molar-refractivity contribution in [1.29, 1.82) is 0 Å². The molecule has 4 unspecified atom stereocenters. The number of carboxylic acids is 1. The van der Waals surface area contributed by atoms with E-state index in [1.807, 2.05) is 37.3 Å². The predicted octanol–water partition coefficient (Wildman–Crippen LogP) is 5.14. The average molecular weight is 560 g/mol. The number of carboxylic acid groups (broad SMARTS) is 1. The highest BCUT2D eigenvalue weighted by molar-refractivity contribution is 6.05. The lowest BCUT2D eigenvalue weighted by molar-refractivity contribution is -0.142. The quantitative estimate of drug-likeness (QED) is 0.350. The molecule has 4 aliphatic rings. The first kappa shape index (κ1) is 27.8. The van der Waals surface area contributed by atoms with Gasteiger partial charge in [0, 0.05) is 28.9 Å². The Morgan fingerprint density at radius 3 is 2.73 bits per heavy atom. The van der Waals surface area contributed by atoms with Crippen molar-refractivity contribution in [2.45, 2.75) is 77.4 Å². The molecule has 41 heavy (non-hydrogen) atoms. The first-order valence-corrected chi connectivity index (χ1v) is 14.9. The molecule has 1 amide bonds. The van der Waals surface area contributed by atoms with Crippen LogP contribution in [0, 0.1) is 28.6 Å². The van der Waals surface area contributed by atoms with Gasteiger partial charge in [-0.25, -0.2) is 4.79 Å². The fourth-order valence-corrected chi connectivity index (χ4v) is 8.63. The van der Waals surface area contributed by atoms with E-state index >= 15 is 0 Å². The number of nitrogens with one attached hydrogen (secondary N) is 2. The van der Waals surface area contributed by atoms with Crippen molar-refractivity contribution in [2.75, 3.05) is 6.61 Å². The minimum absolute atomic E-state index is 0.000224. The third-order valence-electron chi connectivity index (χ3n) is 11.2. The summed E-state index contributed by atoms with van der Waals surface area (Å²) in [5, 5.41) is 28.6. The number of oxime groups is 1. The van der Waals surface area contributed by atoms with E-state index in [1.165, 1.54) is 5.57 Å². The molecule has 1 aromatic heterocycles. The molecule has 4 aliphatic carbocycles. The van der Waals surface area contributed by atoms with Crippen LogP contribution in [0.2, 0.25) is 0 Å². The number of amides is 1. The molecular formula is C33H41N3O5. The second-order valence-electron chi connectivity index (χ2n) is 13.3. The van der Waals surface area contributed by atoms with Crippen LogP contribution in [0.5, 0.6) is 0 Å². The van der Waals surface area contributed by atoms with Gasteiger partial charge < -0.3 is 25.4 Å². The Morgan fingerprint density at radius 2 is 1.93 bits per heavy atom. The highest BCUT2D eigenvalue weighted by Gasteiger charge is 2.62. The number of carbonyl (C=O) groups is 2. The topological polar surface area (TPSA) is 124 Å². The van der Waals surface area contributed by atoms with Gasteiger partial charge in [0.1, 0.15) is 11.8 Å². The number of nitrogens with zero attached hydrogens (tertiary/aromatic N) is 1. The van der Waals surface area contributed by atoms with Crippen LogP contribution in [-0.4, -0.2) is 51.0 Å². The van der Waals surface area contributed by atoms with Crippen molar-refractivity contribution in [2.24, 2.45) is 33.7 Å². The average Bonchev–Trinajstić information content (AvgIpc) is 3.45. The van der Waals surface area contributed by atoms with E-state index < -0.39 is 23.5 Å². The number of para-hydroxylation sites is 1. The van der Waals surface area contributed by atoms with Gasteiger partial charge in [0.25, 0.3) is 5.91 Å². The molecule has 218 valence electrons. The van der Waals surface area contributed by atoms with Crippen molar-refractivity contribution in [3.05, 3.63) is 59.8 Å². The maximum absolute atomic E-state index is 12.6. The largest absolute Gasteiger partial charge is 0.480 e. The molecule has 7 atom stereocenters. The summed E-state index contributed by atoms with van der Waals surface area (Å²) < 4.78 is 0. The number of H-pyrrole nitrogens is 1. The molecule has 2 aromatic rings. The van der Waals surface area contributed by atoms with Crippen molar-refractivity contribution < 1.29 is 24.6 Å². The summed E-state index contributed by atoms with van der Waals surface area (Å²) in [6, 6.07) is 6.58. The molecule has 0 spiro atoms. The zero-order chi connectivity index (χ0) is 29.0. The predicted molar refractivity (Wildman–Crippen MR) is 157 cm³/mol. The van der Waals surface area contributed by atoms with Gasteiger partial charge >= 0.3 is 5.97 Å². The fourth-order valence-electron chi connectivity index (χ4n) is 8.63. The van der Waals surface area contributed by atoms with E-state index in [1.54, 1.807) is 6.20 Å². The summed E-state index contributed by atoms with van der Waals surface area (Å²) in [6.07, 6.45) is 14.6. The number of rotatable bonds is 7. The zero-order valence-electron chi connectivity index (χ0n) is 24.2. The number of carbonyl (C=O) groups excluding carboxylic acids is 1. The van der Waals surface area contributed by atoms with Gasteiger partial charge in [-0.2, -0.15) is 0 Å². The molecule has 3 saturated carbocycles. The highest BCUT2D eigenvalue weighted by atomic mass is 16.6. The number of aromatic amines is 1. The van der Waals surface area contributed by atoms with E-state index in [9.17, 15) is 19.8 Å². The normalized spacial score (nSPS) is 35.8. The van der Waals surface area contributed by atoms with Gasteiger partial charge in [-0.1, -0.05) is 48.9 Å². The van der Waals surface area contributed by atoms with Crippen molar-refractivity contribution in [3.63, 3.8) is 0 Å². The summed E-state index contributed by atoms with van der Waals surface area (Å²) in [5.74, 6) is 0.0834. The number of hydrogen-bond donors (Lipinski definition) is 4. The molecule has 1 heterocycles. The molecule has 1 aromatic carbocycles. The van der Waals surface area contributed by atoms with Crippen LogP contribution in [0.15, 0.2) is 59.4 Å². The Balaban J connectivity index is 1.07. The van der Waals surface area contributed by atoms with Crippen molar-refractivity contribution >= 4 is 28.5 Å². The number of hydrogen-bond acceptors (Lipinski definition) is 5. The number of aliphatic carboxylic acids is 1. The van der Waals surface area contributed by atoms with Crippen molar-refractivity contribution in [1.82, 2.24) is 10.3 Å². The van der Waals surface area contributed by atoms with Crippen LogP contribution in [0.25, 0.3) is 10.9 Å². The minimum Gasteiger partial charge on any atom is -0.480 e. The lowest BCUT2D eigenvalue weighted by Crippen LogP contribution is -2.53. The molecule has 0 bridgehead atoms.